The van der Waals surface area contributed by atoms with E-state index in [2.05, 4.69) is 26.6 Å². The lowest BCUT2D eigenvalue weighted by Gasteiger charge is -2.14. The van der Waals surface area contributed by atoms with Crippen LogP contribution in [0.2, 0.25) is 5.02 Å². The largest absolute Gasteiger partial charge is 0.493 e. The number of halogens is 2. The van der Waals surface area contributed by atoms with Gasteiger partial charge in [0, 0.05) is 24.7 Å². The molecule has 2 N–H and O–H groups in total. The Labute approximate surface area is 241 Å². The lowest BCUT2D eigenvalue weighted by Crippen LogP contribution is -2.14. The van der Waals surface area contributed by atoms with Crippen LogP contribution >= 0.6 is 27.5 Å². The van der Waals surface area contributed by atoms with Gasteiger partial charge in [0.05, 0.1) is 27.2 Å². The molecule has 0 unspecified atom stereocenters. The lowest BCUT2D eigenvalue weighted by molar-refractivity contribution is -0.384. The molecule has 0 aromatic heterocycles. The van der Waals surface area contributed by atoms with Crippen LogP contribution in [0.1, 0.15) is 12.5 Å². The molecule has 0 radical (unpaired) electrons. The first-order valence-electron chi connectivity index (χ1n) is 10.9. The molecule has 3 rings (SSSR count). The number of hydrogen-bond acceptors (Lipinski definition) is 9. The van der Waals surface area contributed by atoms with E-state index in [-0.39, 0.29) is 48.7 Å². The topological polar surface area (TPSA) is 178 Å². The minimum absolute atomic E-state index is 0.0214. The number of benzene rings is 3. The van der Waals surface area contributed by atoms with E-state index in [1.165, 1.54) is 62.6 Å². The summed E-state index contributed by atoms with van der Waals surface area (Å²) in [5, 5.41) is 25.5. The standard InChI is InChI=1S/C25H18BrClN4O8S/c1-14(32)29-17-3-6-19(7-4-17)40(36,37)39-24-20(26)10-15(11-23(24)38-2)9-16(13-28)25(33)30-22-12-18(31(34)35)5-8-21(22)27/h3-12H,1-2H3,(H,29,32)(H,30,33)/b16-9+. The van der Waals surface area contributed by atoms with Crippen molar-refractivity contribution in [1.29, 1.82) is 5.26 Å². The van der Waals surface area contributed by atoms with E-state index in [1.54, 1.807) is 6.07 Å². The summed E-state index contributed by atoms with van der Waals surface area (Å²) in [5.41, 5.74) is -0.126. The quantitative estimate of drug-likeness (QED) is 0.102. The molecule has 0 heterocycles. The van der Waals surface area contributed by atoms with Gasteiger partial charge in [0.15, 0.2) is 11.5 Å². The molecule has 0 saturated heterocycles. The number of nitriles is 1. The summed E-state index contributed by atoms with van der Waals surface area (Å²) in [6, 6.07) is 13.2. The molecule has 0 aliphatic carbocycles. The lowest BCUT2D eigenvalue weighted by atomic mass is 10.1. The fourth-order valence-electron chi connectivity index (χ4n) is 3.20. The molecule has 0 aliphatic rings. The molecule has 0 atom stereocenters. The van der Waals surface area contributed by atoms with Crippen LogP contribution in [0.4, 0.5) is 17.1 Å². The van der Waals surface area contributed by atoms with Crippen molar-refractivity contribution in [2.24, 2.45) is 0 Å². The summed E-state index contributed by atoms with van der Waals surface area (Å²) in [5.74, 6) is -1.46. The number of rotatable bonds is 9. The molecular formula is C25H18BrClN4O8S. The Morgan fingerprint density at radius 1 is 1.12 bits per heavy atom. The second-order valence-electron chi connectivity index (χ2n) is 7.82. The van der Waals surface area contributed by atoms with Crippen LogP contribution in [0.25, 0.3) is 6.08 Å². The fraction of sp³-hybridized carbons (Fsp3) is 0.0800. The number of nitro benzene ring substituents is 1. The number of ether oxygens (including phenoxy) is 1. The van der Waals surface area contributed by atoms with Crippen LogP contribution in [0, 0.1) is 21.4 Å². The first-order valence-corrected chi connectivity index (χ1v) is 13.5. The average molecular weight is 650 g/mol. The zero-order valence-corrected chi connectivity index (χ0v) is 23.8. The monoisotopic (exact) mass is 648 g/mol. The normalized spacial score (nSPS) is 11.2. The van der Waals surface area contributed by atoms with Gasteiger partial charge in [-0.25, -0.2) is 0 Å². The van der Waals surface area contributed by atoms with Crippen LogP contribution in [0.5, 0.6) is 11.5 Å². The zero-order valence-electron chi connectivity index (χ0n) is 20.6. The highest BCUT2D eigenvalue weighted by Gasteiger charge is 2.23. The van der Waals surface area contributed by atoms with E-state index in [4.69, 9.17) is 20.5 Å². The SMILES string of the molecule is COc1cc(/C=C(\C#N)C(=O)Nc2cc([N+](=O)[O-])ccc2Cl)cc(Br)c1OS(=O)(=O)c1ccc(NC(C)=O)cc1. The molecule has 0 bridgehead atoms. The summed E-state index contributed by atoms with van der Waals surface area (Å²) in [6.07, 6.45) is 1.19. The number of carbonyl (C=O) groups excluding carboxylic acids is 2. The summed E-state index contributed by atoms with van der Waals surface area (Å²) < 4.78 is 36.4. The summed E-state index contributed by atoms with van der Waals surface area (Å²) >= 11 is 9.24. The average Bonchev–Trinajstić information content (AvgIpc) is 2.89. The molecule has 0 aliphatic heterocycles. The third-order valence-corrected chi connectivity index (χ3v) is 7.15. The second-order valence-corrected chi connectivity index (χ2v) is 10.6. The maximum absolute atomic E-state index is 12.9. The maximum Gasteiger partial charge on any atom is 0.339 e. The van der Waals surface area contributed by atoms with E-state index < -0.39 is 26.5 Å². The number of amides is 2. The highest BCUT2D eigenvalue weighted by Crippen LogP contribution is 2.39. The molecule has 3 aromatic rings. The van der Waals surface area contributed by atoms with Crippen molar-refractivity contribution in [3.63, 3.8) is 0 Å². The fourth-order valence-corrected chi connectivity index (χ4v) is 4.97. The van der Waals surface area contributed by atoms with Crippen LogP contribution in [-0.4, -0.2) is 32.3 Å². The number of nitrogens with zero attached hydrogens (tertiary/aromatic N) is 2. The van der Waals surface area contributed by atoms with Gasteiger partial charge in [-0.15, -0.1) is 0 Å². The summed E-state index contributed by atoms with van der Waals surface area (Å²) in [6.45, 7) is 1.31. The molecular weight excluding hydrogens is 632 g/mol. The number of non-ortho nitro benzene ring substituents is 1. The molecule has 15 heteroatoms. The minimum Gasteiger partial charge on any atom is -0.493 e. The molecule has 40 heavy (non-hydrogen) atoms. The van der Waals surface area contributed by atoms with Gasteiger partial charge >= 0.3 is 10.1 Å². The van der Waals surface area contributed by atoms with E-state index in [1.807, 2.05) is 0 Å². The Hall–Kier alpha value is -4.45. The van der Waals surface area contributed by atoms with Gasteiger partial charge in [0.25, 0.3) is 11.6 Å². The van der Waals surface area contributed by atoms with Crippen molar-refractivity contribution < 1.29 is 31.9 Å². The highest BCUT2D eigenvalue weighted by molar-refractivity contribution is 9.10. The number of nitro groups is 1. The van der Waals surface area contributed by atoms with Gasteiger partial charge in [0.2, 0.25) is 5.91 Å². The van der Waals surface area contributed by atoms with Gasteiger partial charge in [0.1, 0.15) is 16.5 Å². The van der Waals surface area contributed by atoms with E-state index in [0.29, 0.717) is 5.69 Å². The van der Waals surface area contributed by atoms with Gasteiger partial charge < -0.3 is 19.6 Å². The Morgan fingerprint density at radius 3 is 2.38 bits per heavy atom. The Morgan fingerprint density at radius 2 is 1.80 bits per heavy atom. The van der Waals surface area contributed by atoms with Gasteiger partial charge in [-0.2, -0.15) is 13.7 Å². The molecule has 0 spiro atoms. The van der Waals surface area contributed by atoms with Crippen molar-refractivity contribution in [2.45, 2.75) is 11.8 Å². The highest BCUT2D eigenvalue weighted by atomic mass is 79.9. The predicted octanol–water partition coefficient (Wildman–Crippen LogP) is 5.29. The summed E-state index contributed by atoms with van der Waals surface area (Å²) in [7, 11) is -3.07. The molecule has 2 amide bonds. The number of hydrogen-bond donors (Lipinski definition) is 2. The summed E-state index contributed by atoms with van der Waals surface area (Å²) in [4.78, 5) is 34.1. The van der Waals surface area contributed by atoms with Gasteiger partial charge in [-0.1, -0.05) is 11.6 Å². The Bertz CT molecular complexity index is 1690. The minimum atomic E-state index is -4.33. The van der Waals surface area contributed by atoms with Crippen molar-refractivity contribution in [2.75, 3.05) is 17.7 Å². The number of nitrogens with one attached hydrogen (secondary N) is 2. The van der Waals surface area contributed by atoms with Gasteiger partial charge in [-0.05, 0) is 70.0 Å². The molecule has 0 fully saturated rings. The zero-order chi connectivity index (χ0) is 29.6. The Balaban J connectivity index is 1.89. The first kappa shape index (κ1) is 30.1. The third-order valence-electron chi connectivity index (χ3n) is 4.99. The van der Waals surface area contributed by atoms with Crippen molar-refractivity contribution in [1.82, 2.24) is 0 Å². The van der Waals surface area contributed by atoms with E-state index >= 15 is 0 Å². The van der Waals surface area contributed by atoms with Crippen molar-refractivity contribution in [3.8, 4) is 17.6 Å². The number of carbonyl (C=O) groups is 2. The third kappa shape index (κ3) is 7.35. The van der Waals surface area contributed by atoms with Crippen LogP contribution in [0.3, 0.4) is 0 Å². The molecule has 206 valence electrons. The number of methoxy groups -OCH3 is 1. The molecule has 0 saturated carbocycles. The van der Waals surface area contributed by atoms with Gasteiger partial charge in [-0.3, -0.25) is 19.7 Å². The maximum atomic E-state index is 12.9. The smallest absolute Gasteiger partial charge is 0.339 e. The van der Waals surface area contributed by atoms with Crippen LogP contribution in [0.15, 0.2) is 69.5 Å². The predicted molar refractivity (Wildman–Crippen MR) is 150 cm³/mol. The van der Waals surface area contributed by atoms with Crippen LogP contribution in [-0.2, 0) is 19.7 Å². The van der Waals surface area contributed by atoms with Crippen LogP contribution < -0.4 is 19.6 Å². The van der Waals surface area contributed by atoms with E-state index in [0.717, 1.165) is 12.1 Å². The molecule has 12 nitrogen and oxygen atoms in total. The number of anilines is 2. The first-order chi connectivity index (χ1) is 18.8. The molecule has 3 aromatic carbocycles. The Kier molecular flexibility index (Phi) is 9.48. The van der Waals surface area contributed by atoms with Crippen molar-refractivity contribution in [3.05, 3.63) is 85.3 Å². The van der Waals surface area contributed by atoms with E-state index in [9.17, 15) is 33.4 Å². The second kappa shape index (κ2) is 12.6. The van der Waals surface area contributed by atoms with Crippen molar-refractivity contribution >= 4 is 72.6 Å².